The van der Waals surface area contributed by atoms with Crippen molar-refractivity contribution in [2.24, 2.45) is 5.73 Å². The summed E-state index contributed by atoms with van der Waals surface area (Å²) < 4.78 is 5.49. The van der Waals surface area contributed by atoms with Gasteiger partial charge in [-0.25, -0.2) is 0 Å². The van der Waals surface area contributed by atoms with Crippen LogP contribution in [0.15, 0.2) is 42.5 Å². The summed E-state index contributed by atoms with van der Waals surface area (Å²) in [6.45, 7) is 0.998. The molecule has 0 saturated carbocycles. The van der Waals surface area contributed by atoms with Crippen LogP contribution in [0.1, 0.15) is 11.3 Å². The number of benzene rings is 1. The summed E-state index contributed by atoms with van der Waals surface area (Å²) in [6, 6.07) is 13.8. The summed E-state index contributed by atoms with van der Waals surface area (Å²) in [6.07, 6.45) is 0.862. The Kier molecular flexibility index (Phi) is 4.05. The Labute approximate surface area is 100 Å². The average Bonchev–Trinajstić information content (AvgIpc) is 2.41. The van der Waals surface area contributed by atoms with E-state index in [1.165, 1.54) is 5.56 Å². The molecular formula is C13H15N3O. The van der Waals surface area contributed by atoms with E-state index in [0.717, 1.165) is 12.1 Å². The van der Waals surface area contributed by atoms with Crippen molar-refractivity contribution in [3.05, 3.63) is 53.7 Å². The Morgan fingerprint density at radius 3 is 2.47 bits per heavy atom. The van der Waals surface area contributed by atoms with Crippen LogP contribution in [0.3, 0.4) is 0 Å². The fraction of sp³-hybridized carbons (Fsp3) is 0.231. The Hall–Kier alpha value is -1.94. The molecule has 88 valence electrons. The van der Waals surface area contributed by atoms with Crippen LogP contribution in [0.4, 0.5) is 0 Å². The summed E-state index contributed by atoms with van der Waals surface area (Å²) in [5.41, 5.74) is 7.45. The zero-order valence-electron chi connectivity index (χ0n) is 9.54. The molecule has 0 spiro atoms. The van der Waals surface area contributed by atoms with Crippen molar-refractivity contribution in [3.63, 3.8) is 0 Å². The number of hydrogen-bond donors (Lipinski definition) is 1. The van der Waals surface area contributed by atoms with E-state index in [-0.39, 0.29) is 0 Å². The third-order valence-electron chi connectivity index (χ3n) is 2.39. The molecule has 1 heterocycles. The first-order valence-corrected chi connectivity index (χ1v) is 5.58. The second-order valence-electron chi connectivity index (χ2n) is 3.65. The standard InChI is InChI=1S/C13H15N3O/c14-10-12-6-7-13(16-15-12)17-9-8-11-4-2-1-3-5-11/h1-7H,8-10,14H2. The number of ether oxygens (including phenoxy) is 1. The minimum atomic E-state index is 0.400. The maximum Gasteiger partial charge on any atom is 0.233 e. The predicted molar refractivity (Wildman–Crippen MR) is 65.6 cm³/mol. The first-order chi connectivity index (χ1) is 8.38. The molecule has 4 heteroatoms. The van der Waals surface area contributed by atoms with Gasteiger partial charge >= 0.3 is 0 Å². The molecule has 2 N–H and O–H groups in total. The summed E-state index contributed by atoms with van der Waals surface area (Å²) >= 11 is 0. The molecule has 0 fully saturated rings. The van der Waals surface area contributed by atoms with E-state index < -0.39 is 0 Å². The highest BCUT2D eigenvalue weighted by atomic mass is 16.5. The molecule has 1 aromatic carbocycles. The predicted octanol–water partition coefficient (Wildman–Crippen LogP) is 1.56. The van der Waals surface area contributed by atoms with Crippen LogP contribution in [-0.2, 0) is 13.0 Å². The highest BCUT2D eigenvalue weighted by molar-refractivity contribution is 5.15. The van der Waals surface area contributed by atoms with E-state index in [1.54, 1.807) is 6.07 Å². The van der Waals surface area contributed by atoms with E-state index in [0.29, 0.717) is 19.0 Å². The third-order valence-corrected chi connectivity index (χ3v) is 2.39. The fourth-order valence-electron chi connectivity index (χ4n) is 1.45. The second-order valence-corrected chi connectivity index (χ2v) is 3.65. The van der Waals surface area contributed by atoms with E-state index in [9.17, 15) is 0 Å². The number of nitrogens with two attached hydrogens (primary N) is 1. The Morgan fingerprint density at radius 2 is 1.82 bits per heavy atom. The van der Waals surface area contributed by atoms with Crippen molar-refractivity contribution >= 4 is 0 Å². The Balaban J connectivity index is 1.82. The third kappa shape index (κ3) is 3.53. The quantitative estimate of drug-likeness (QED) is 0.845. The van der Waals surface area contributed by atoms with E-state index in [2.05, 4.69) is 22.3 Å². The van der Waals surface area contributed by atoms with Gasteiger partial charge in [-0.05, 0) is 11.6 Å². The largest absolute Gasteiger partial charge is 0.476 e. The maximum absolute atomic E-state index is 5.49. The molecule has 2 aromatic rings. The van der Waals surface area contributed by atoms with E-state index in [4.69, 9.17) is 10.5 Å². The van der Waals surface area contributed by atoms with Gasteiger partial charge in [0.25, 0.3) is 0 Å². The molecule has 0 bridgehead atoms. The average molecular weight is 229 g/mol. The monoisotopic (exact) mass is 229 g/mol. The van der Waals surface area contributed by atoms with E-state index in [1.807, 2.05) is 24.3 Å². The van der Waals surface area contributed by atoms with Crippen molar-refractivity contribution in [1.82, 2.24) is 10.2 Å². The van der Waals surface area contributed by atoms with Gasteiger partial charge in [-0.2, -0.15) is 5.10 Å². The van der Waals surface area contributed by atoms with E-state index >= 15 is 0 Å². The molecule has 0 aliphatic carbocycles. The zero-order valence-corrected chi connectivity index (χ0v) is 9.54. The van der Waals surface area contributed by atoms with Gasteiger partial charge in [0.1, 0.15) is 0 Å². The molecule has 0 radical (unpaired) electrons. The van der Waals surface area contributed by atoms with Gasteiger partial charge < -0.3 is 10.5 Å². The fourth-order valence-corrected chi connectivity index (χ4v) is 1.45. The molecule has 17 heavy (non-hydrogen) atoms. The molecule has 2 rings (SSSR count). The number of rotatable bonds is 5. The van der Waals surface area contributed by atoms with Crippen LogP contribution in [0, 0.1) is 0 Å². The van der Waals surface area contributed by atoms with Crippen LogP contribution < -0.4 is 10.5 Å². The molecule has 0 saturated heterocycles. The topological polar surface area (TPSA) is 61.0 Å². The van der Waals surface area contributed by atoms with Crippen molar-refractivity contribution < 1.29 is 4.74 Å². The van der Waals surface area contributed by atoms with Crippen LogP contribution in [0.2, 0.25) is 0 Å². The summed E-state index contributed by atoms with van der Waals surface area (Å²) in [4.78, 5) is 0. The highest BCUT2D eigenvalue weighted by Gasteiger charge is 1.98. The van der Waals surface area contributed by atoms with Gasteiger partial charge in [-0.1, -0.05) is 30.3 Å². The molecule has 0 aliphatic rings. The lowest BCUT2D eigenvalue weighted by atomic mass is 10.2. The molecule has 0 unspecified atom stereocenters. The minimum Gasteiger partial charge on any atom is -0.476 e. The molecule has 0 amide bonds. The zero-order chi connectivity index (χ0) is 11.9. The molecule has 0 atom stereocenters. The molecule has 0 aliphatic heterocycles. The normalized spacial score (nSPS) is 10.2. The summed E-state index contributed by atoms with van der Waals surface area (Å²) in [5.74, 6) is 0.540. The van der Waals surface area contributed by atoms with Gasteiger partial charge in [0.2, 0.25) is 5.88 Å². The van der Waals surface area contributed by atoms with Gasteiger partial charge in [-0.15, -0.1) is 5.10 Å². The number of nitrogens with zero attached hydrogens (tertiary/aromatic N) is 2. The van der Waals surface area contributed by atoms with Gasteiger partial charge in [0.05, 0.1) is 12.3 Å². The number of hydrogen-bond acceptors (Lipinski definition) is 4. The van der Waals surface area contributed by atoms with Crippen molar-refractivity contribution in [2.45, 2.75) is 13.0 Å². The molecule has 1 aromatic heterocycles. The van der Waals surface area contributed by atoms with Crippen LogP contribution in [0.5, 0.6) is 5.88 Å². The van der Waals surface area contributed by atoms with Gasteiger partial charge in [0, 0.05) is 19.0 Å². The Morgan fingerprint density at radius 1 is 1.00 bits per heavy atom. The Bertz CT molecular complexity index is 442. The molecular weight excluding hydrogens is 214 g/mol. The van der Waals surface area contributed by atoms with Crippen molar-refractivity contribution in [3.8, 4) is 5.88 Å². The first-order valence-electron chi connectivity index (χ1n) is 5.58. The summed E-state index contributed by atoms with van der Waals surface area (Å²) in [7, 11) is 0. The lowest BCUT2D eigenvalue weighted by Gasteiger charge is -2.04. The van der Waals surface area contributed by atoms with Crippen molar-refractivity contribution in [1.29, 1.82) is 0 Å². The van der Waals surface area contributed by atoms with Crippen LogP contribution in [0.25, 0.3) is 0 Å². The van der Waals surface area contributed by atoms with Gasteiger partial charge in [0.15, 0.2) is 0 Å². The highest BCUT2D eigenvalue weighted by Crippen LogP contribution is 2.06. The lowest BCUT2D eigenvalue weighted by molar-refractivity contribution is 0.305. The number of aromatic nitrogens is 2. The molecule has 4 nitrogen and oxygen atoms in total. The van der Waals surface area contributed by atoms with Crippen LogP contribution in [-0.4, -0.2) is 16.8 Å². The lowest BCUT2D eigenvalue weighted by Crippen LogP contribution is -2.05. The second kappa shape index (κ2) is 5.96. The van der Waals surface area contributed by atoms with Gasteiger partial charge in [-0.3, -0.25) is 0 Å². The van der Waals surface area contributed by atoms with Crippen LogP contribution >= 0.6 is 0 Å². The maximum atomic E-state index is 5.49. The minimum absolute atomic E-state index is 0.400. The summed E-state index contributed by atoms with van der Waals surface area (Å²) in [5, 5.41) is 7.85. The van der Waals surface area contributed by atoms with Crippen molar-refractivity contribution in [2.75, 3.05) is 6.61 Å². The SMILES string of the molecule is NCc1ccc(OCCc2ccccc2)nn1. The first kappa shape index (κ1) is 11.5. The smallest absolute Gasteiger partial charge is 0.233 e.